The van der Waals surface area contributed by atoms with Gasteiger partial charge in [-0.1, -0.05) is 6.92 Å². The number of pyridine rings is 2. The number of nitrogens with two attached hydrogens (primary N) is 1. The number of methoxy groups -OCH3 is 1. The number of nitrogens with zero attached hydrogens (tertiary/aromatic N) is 2. The van der Waals surface area contributed by atoms with Crippen LogP contribution in [0, 0.1) is 0 Å². The minimum atomic E-state index is -0.186. The zero-order valence-corrected chi connectivity index (χ0v) is 12.1. The lowest BCUT2D eigenvalue weighted by Crippen LogP contribution is -2.23. The highest BCUT2D eigenvalue weighted by atomic mass is 16.5. The fraction of sp³-hybridized carbons (Fsp3) is 0.267. The molecule has 0 bridgehead atoms. The quantitative estimate of drug-likeness (QED) is 0.870. The monoisotopic (exact) mass is 286 g/mol. The van der Waals surface area contributed by atoms with E-state index in [1.54, 1.807) is 31.5 Å². The summed E-state index contributed by atoms with van der Waals surface area (Å²) in [5.41, 5.74) is 7.92. The number of rotatable bonds is 5. The number of aryl methyl sites for hydroxylation is 1. The van der Waals surface area contributed by atoms with Crippen molar-refractivity contribution in [2.45, 2.75) is 19.9 Å². The number of nitrogens with one attached hydrogen (secondary N) is 1. The van der Waals surface area contributed by atoms with Crippen molar-refractivity contribution in [1.82, 2.24) is 15.3 Å². The number of nitrogen functional groups attached to an aromatic ring is 1. The number of carbonyl (C=O) groups is 1. The molecule has 2 rings (SSSR count). The predicted molar refractivity (Wildman–Crippen MR) is 80.0 cm³/mol. The standard InChI is InChI=1S/C15H18N4O2/c1-3-12-7-11(8-13(16)19-12)15(20)18-9-10-4-5-17-14(6-10)21-2/h4-8H,3,9H2,1-2H3,(H2,16,19)(H,18,20). The summed E-state index contributed by atoms with van der Waals surface area (Å²) in [6.45, 7) is 2.36. The van der Waals surface area contributed by atoms with Gasteiger partial charge in [-0.3, -0.25) is 4.79 Å². The highest BCUT2D eigenvalue weighted by Gasteiger charge is 2.08. The van der Waals surface area contributed by atoms with Crippen molar-refractivity contribution in [2.24, 2.45) is 0 Å². The first-order valence-corrected chi connectivity index (χ1v) is 6.66. The Labute approximate surface area is 123 Å². The number of carbonyl (C=O) groups excluding carboxylic acids is 1. The smallest absolute Gasteiger partial charge is 0.251 e. The maximum atomic E-state index is 12.2. The molecule has 0 aromatic carbocycles. The van der Waals surface area contributed by atoms with Gasteiger partial charge in [-0.05, 0) is 30.2 Å². The summed E-state index contributed by atoms with van der Waals surface area (Å²) in [6.07, 6.45) is 2.37. The van der Waals surface area contributed by atoms with Crippen LogP contribution in [0.25, 0.3) is 0 Å². The van der Waals surface area contributed by atoms with E-state index in [0.717, 1.165) is 17.7 Å². The van der Waals surface area contributed by atoms with Gasteiger partial charge in [0.25, 0.3) is 5.91 Å². The van der Waals surface area contributed by atoms with Gasteiger partial charge in [0.1, 0.15) is 5.82 Å². The third-order valence-corrected chi connectivity index (χ3v) is 2.98. The molecule has 0 aliphatic heterocycles. The maximum absolute atomic E-state index is 12.2. The van der Waals surface area contributed by atoms with E-state index >= 15 is 0 Å². The average Bonchev–Trinajstić information content (AvgIpc) is 2.52. The van der Waals surface area contributed by atoms with E-state index in [0.29, 0.717) is 23.8 Å². The molecule has 6 heteroatoms. The van der Waals surface area contributed by atoms with Crippen LogP contribution in [0.5, 0.6) is 5.88 Å². The Morgan fingerprint density at radius 3 is 2.90 bits per heavy atom. The highest BCUT2D eigenvalue weighted by molar-refractivity contribution is 5.94. The van der Waals surface area contributed by atoms with Crippen molar-refractivity contribution in [3.63, 3.8) is 0 Å². The Balaban J connectivity index is 2.06. The lowest BCUT2D eigenvalue weighted by molar-refractivity contribution is 0.0950. The van der Waals surface area contributed by atoms with Crippen LogP contribution < -0.4 is 15.8 Å². The van der Waals surface area contributed by atoms with Crippen LogP contribution in [0.2, 0.25) is 0 Å². The van der Waals surface area contributed by atoms with Gasteiger partial charge in [0, 0.05) is 30.1 Å². The predicted octanol–water partition coefficient (Wildman–Crippen LogP) is 1.56. The van der Waals surface area contributed by atoms with E-state index in [4.69, 9.17) is 10.5 Å². The van der Waals surface area contributed by atoms with Crippen LogP contribution >= 0.6 is 0 Å². The topological polar surface area (TPSA) is 90.1 Å². The van der Waals surface area contributed by atoms with Gasteiger partial charge in [-0.15, -0.1) is 0 Å². The van der Waals surface area contributed by atoms with Crippen molar-refractivity contribution in [3.05, 3.63) is 47.3 Å². The summed E-state index contributed by atoms with van der Waals surface area (Å²) in [4.78, 5) is 20.3. The second-order valence-electron chi connectivity index (χ2n) is 4.51. The number of amides is 1. The molecule has 1 amide bonds. The summed E-state index contributed by atoms with van der Waals surface area (Å²) in [5, 5.41) is 2.84. The average molecular weight is 286 g/mol. The molecular formula is C15H18N4O2. The van der Waals surface area contributed by atoms with Crippen LogP contribution in [-0.4, -0.2) is 23.0 Å². The minimum Gasteiger partial charge on any atom is -0.481 e. The number of hydrogen-bond acceptors (Lipinski definition) is 5. The minimum absolute atomic E-state index is 0.186. The Morgan fingerprint density at radius 2 is 2.19 bits per heavy atom. The van der Waals surface area contributed by atoms with Crippen molar-refractivity contribution in [3.8, 4) is 5.88 Å². The Kier molecular flexibility index (Phi) is 4.71. The van der Waals surface area contributed by atoms with Crippen LogP contribution in [-0.2, 0) is 13.0 Å². The molecule has 0 saturated carbocycles. The van der Waals surface area contributed by atoms with Crippen molar-refractivity contribution in [2.75, 3.05) is 12.8 Å². The largest absolute Gasteiger partial charge is 0.481 e. The molecule has 0 aliphatic carbocycles. The lowest BCUT2D eigenvalue weighted by atomic mass is 10.1. The van der Waals surface area contributed by atoms with Crippen LogP contribution in [0.3, 0.4) is 0 Å². The van der Waals surface area contributed by atoms with Crippen LogP contribution in [0.15, 0.2) is 30.5 Å². The first-order chi connectivity index (χ1) is 10.1. The van der Waals surface area contributed by atoms with E-state index in [9.17, 15) is 4.79 Å². The highest BCUT2D eigenvalue weighted by Crippen LogP contribution is 2.10. The van der Waals surface area contributed by atoms with E-state index in [1.165, 1.54) is 0 Å². The zero-order chi connectivity index (χ0) is 15.2. The number of aromatic nitrogens is 2. The molecular weight excluding hydrogens is 268 g/mol. The zero-order valence-electron chi connectivity index (χ0n) is 12.1. The number of ether oxygens (including phenoxy) is 1. The Hall–Kier alpha value is -2.63. The SMILES string of the molecule is CCc1cc(C(=O)NCc2ccnc(OC)c2)cc(N)n1. The molecule has 0 atom stereocenters. The molecule has 0 unspecified atom stereocenters. The summed E-state index contributed by atoms with van der Waals surface area (Å²) >= 11 is 0. The third-order valence-electron chi connectivity index (χ3n) is 2.98. The second kappa shape index (κ2) is 6.69. The Bertz CT molecular complexity index is 643. The second-order valence-corrected chi connectivity index (χ2v) is 4.51. The fourth-order valence-corrected chi connectivity index (χ4v) is 1.88. The number of anilines is 1. The van der Waals surface area contributed by atoms with Crippen molar-refractivity contribution in [1.29, 1.82) is 0 Å². The van der Waals surface area contributed by atoms with Gasteiger partial charge in [0.15, 0.2) is 0 Å². The van der Waals surface area contributed by atoms with Gasteiger partial charge < -0.3 is 15.8 Å². The molecule has 21 heavy (non-hydrogen) atoms. The molecule has 110 valence electrons. The number of hydrogen-bond donors (Lipinski definition) is 2. The molecule has 0 radical (unpaired) electrons. The molecule has 0 fully saturated rings. The first kappa shape index (κ1) is 14.8. The van der Waals surface area contributed by atoms with Crippen molar-refractivity contribution < 1.29 is 9.53 Å². The molecule has 0 spiro atoms. The summed E-state index contributed by atoms with van der Waals surface area (Å²) < 4.78 is 5.04. The van der Waals surface area contributed by atoms with E-state index in [-0.39, 0.29) is 5.91 Å². The van der Waals surface area contributed by atoms with Crippen LogP contribution in [0.1, 0.15) is 28.5 Å². The molecule has 6 nitrogen and oxygen atoms in total. The first-order valence-electron chi connectivity index (χ1n) is 6.66. The maximum Gasteiger partial charge on any atom is 0.251 e. The molecule has 2 heterocycles. The summed E-state index contributed by atoms with van der Waals surface area (Å²) in [6, 6.07) is 6.92. The van der Waals surface area contributed by atoms with Crippen molar-refractivity contribution >= 4 is 11.7 Å². The van der Waals surface area contributed by atoms with Gasteiger partial charge in [0.05, 0.1) is 7.11 Å². The molecule has 2 aromatic heterocycles. The normalized spacial score (nSPS) is 10.2. The van der Waals surface area contributed by atoms with Gasteiger partial charge in [0.2, 0.25) is 5.88 Å². The van der Waals surface area contributed by atoms with Gasteiger partial charge in [-0.25, -0.2) is 9.97 Å². The van der Waals surface area contributed by atoms with E-state index in [1.807, 2.05) is 13.0 Å². The summed E-state index contributed by atoms with van der Waals surface area (Å²) in [7, 11) is 1.55. The van der Waals surface area contributed by atoms with Crippen LogP contribution in [0.4, 0.5) is 5.82 Å². The molecule has 0 aliphatic rings. The Morgan fingerprint density at radius 1 is 1.38 bits per heavy atom. The fourth-order valence-electron chi connectivity index (χ4n) is 1.88. The molecule has 3 N–H and O–H groups in total. The van der Waals surface area contributed by atoms with E-state index in [2.05, 4.69) is 15.3 Å². The van der Waals surface area contributed by atoms with E-state index < -0.39 is 0 Å². The van der Waals surface area contributed by atoms with Gasteiger partial charge in [-0.2, -0.15) is 0 Å². The molecule has 0 saturated heterocycles. The lowest BCUT2D eigenvalue weighted by Gasteiger charge is -2.08. The molecule has 2 aromatic rings. The van der Waals surface area contributed by atoms with Gasteiger partial charge >= 0.3 is 0 Å². The summed E-state index contributed by atoms with van der Waals surface area (Å²) in [5.74, 6) is 0.683. The third kappa shape index (κ3) is 3.92.